The highest BCUT2D eigenvalue weighted by Gasteiger charge is 2.11. The summed E-state index contributed by atoms with van der Waals surface area (Å²) in [5.41, 5.74) is 1.72. The molecule has 0 spiro atoms. The van der Waals surface area contributed by atoms with Crippen LogP contribution in [-0.4, -0.2) is 14.9 Å². The molecule has 2 aromatic heterocycles. The zero-order valence-electron chi connectivity index (χ0n) is 13.3. The van der Waals surface area contributed by atoms with Crippen molar-refractivity contribution in [2.45, 2.75) is 9.79 Å². The number of aromatic nitrogens is 2. The minimum Gasteiger partial charge on any atom is -0.423 e. The van der Waals surface area contributed by atoms with Gasteiger partial charge in [0.05, 0.1) is 4.92 Å². The Kier molecular flexibility index (Phi) is 4.24. The Bertz CT molecular complexity index is 1060. The molecule has 0 atom stereocenters. The molecule has 26 heavy (non-hydrogen) atoms. The number of non-ortho nitro benzene ring substituents is 1. The van der Waals surface area contributed by atoms with Crippen molar-refractivity contribution in [3.05, 3.63) is 77.1 Å². The molecule has 0 amide bonds. The lowest BCUT2D eigenvalue weighted by atomic mass is 10.3. The average molecular weight is 364 g/mol. The number of nitro benzene ring substituents is 1. The highest BCUT2D eigenvalue weighted by molar-refractivity contribution is 7.99. The van der Waals surface area contributed by atoms with Crippen molar-refractivity contribution in [3.63, 3.8) is 0 Å². The summed E-state index contributed by atoms with van der Waals surface area (Å²) in [7, 11) is 0. The fourth-order valence-electron chi connectivity index (χ4n) is 2.35. The first-order valence-corrected chi connectivity index (χ1v) is 8.49. The Labute approximate surface area is 152 Å². The van der Waals surface area contributed by atoms with Crippen LogP contribution in [0.1, 0.15) is 0 Å². The molecule has 0 fully saturated rings. The molecule has 4 rings (SSSR count). The van der Waals surface area contributed by atoms with E-state index < -0.39 is 4.92 Å². The third-order valence-electron chi connectivity index (χ3n) is 3.57. The number of nitro groups is 1. The molecule has 0 unspecified atom stereocenters. The third kappa shape index (κ3) is 3.50. The zero-order chi connectivity index (χ0) is 17.9. The minimum atomic E-state index is -0.458. The molecule has 0 bridgehead atoms. The van der Waals surface area contributed by atoms with Crippen LogP contribution in [0, 0.1) is 10.1 Å². The van der Waals surface area contributed by atoms with Gasteiger partial charge in [0.2, 0.25) is 0 Å². The van der Waals surface area contributed by atoms with Gasteiger partial charge in [-0.25, -0.2) is 0 Å². The summed E-state index contributed by atoms with van der Waals surface area (Å²) in [4.78, 5) is 20.8. The van der Waals surface area contributed by atoms with Crippen molar-refractivity contribution in [2.24, 2.45) is 0 Å². The van der Waals surface area contributed by atoms with Gasteiger partial charge in [0, 0.05) is 40.0 Å². The number of pyridine rings is 1. The molecule has 0 aliphatic rings. The van der Waals surface area contributed by atoms with Gasteiger partial charge >= 0.3 is 0 Å². The van der Waals surface area contributed by atoms with E-state index in [0.29, 0.717) is 11.1 Å². The van der Waals surface area contributed by atoms with Crippen molar-refractivity contribution < 1.29 is 9.34 Å². The van der Waals surface area contributed by atoms with Gasteiger partial charge in [0.1, 0.15) is 5.52 Å². The zero-order valence-corrected chi connectivity index (χ0v) is 14.1. The van der Waals surface area contributed by atoms with Crippen LogP contribution in [0.15, 0.2) is 81.2 Å². The van der Waals surface area contributed by atoms with Crippen LogP contribution < -0.4 is 5.32 Å². The maximum Gasteiger partial charge on any atom is 0.300 e. The van der Waals surface area contributed by atoms with E-state index in [1.54, 1.807) is 30.2 Å². The Morgan fingerprint density at radius 3 is 2.46 bits per heavy atom. The number of nitrogens with one attached hydrogen (secondary N) is 1. The third-order valence-corrected chi connectivity index (χ3v) is 4.59. The maximum atomic E-state index is 10.8. The van der Waals surface area contributed by atoms with Crippen LogP contribution in [0.2, 0.25) is 0 Å². The predicted octanol–water partition coefficient (Wildman–Crippen LogP) is 5.03. The molecule has 2 heterocycles. The normalized spacial score (nSPS) is 10.8. The summed E-state index contributed by atoms with van der Waals surface area (Å²) in [6.45, 7) is 0. The van der Waals surface area contributed by atoms with E-state index in [1.807, 2.05) is 36.4 Å². The van der Waals surface area contributed by atoms with Crippen LogP contribution in [0.4, 0.5) is 17.4 Å². The highest BCUT2D eigenvalue weighted by Crippen LogP contribution is 2.29. The van der Waals surface area contributed by atoms with Gasteiger partial charge in [-0.2, -0.15) is 4.98 Å². The quantitative estimate of drug-likeness (QED) is 0.392. The molecule has 1 N–H and O–H groups in total. The Hall–Kier alpha value is -3.39. The first kappa shape index (κ1) is 16.1. The van der Waals surface area contributed by atoms with E-state index in [0.717, 1.165) is 15.5 Å². The number of anilines is 2. The summed E-state index contributed by atoms with van der Waals surface area (Å²) in [5.74, 6) is 0. The van der Waals surface area contributed by atoms with Crippen molar-refractivity contribution in [1.29, 1.82) is 0 Å². The van der Waals surface area contributed by atoms with Crippen molar-refractivity contribution in [2.75, 3.05) is 5.32 Å². The summed E-state index contributed by atoms with van der Waals surface area (Å²) >= 11 is 1.64. The second-order valence-corrected chi connectivity index (χ2v) is 6.51. The first-order valence-electron chi connectivity index (χ1n) is 7.67. The maximum absolute atomic E-state index is 10.8. The molecule has 0 aliphatic carbocycles. The average Bonchev–Trinajstić information content (AvgIpc) is 3.05. The van der Waals surface area contributed by atoms with E-state index >= 15 is 0 Å². The molecule has 0 aliphatic heterocycles. The number of benzene rings is 2. The molecule has 7 nitrogen and oxygen atoms in total. The van der Waals surface area contributed by atoms with Gasteiger partial charge < -0.3 is 9.73 Å². The standard InChI is InChI=1S/C18H12N4O3S/c23-22(24)13-3-6-17-16(11-13)21-18(25-17)20-12-1-4-14(5-2-12)26-15-7-9-19-10-8-15/h1-11H,(H,20,21). The number of oxazole rings is 1. The molecule has 128 valence electrons. The number of hydrogen-bond donors (Lipinski definition) is 1. The van der Waals surface area contributed by atoms with Crippen LogP contribution in [-0.2, 0) is 0 Å². The van der Waals surface area contributed by atoms with Crippen molar-refractivity contribution >= 4 is 40.3 Å². The lowest BCUT2D eigenvalue weighted by Gasteiger charge is -2.04. The topological polar surface area (TPSA) is 94.1 Å². The fraction of sp³-hybridized carbons (Fsp3) is 0. The summed E-state index contributed by atoms with van der Waals surface area (Å²) in [6.07, 6.45) is 3.52. The lowest BCUT2D eigenvalue weighted by Crippen LogP contribution is -1.89. The van der Waals surface area contributed by atoms with Crippen LogP contribution in [0.3, 0.4) is 0 Å². The van der Waals surface area contributed by atoms with Gasteiger partial charge in [-0.05, 0) is 42.5 Å². The number of nitrogens with zero attached hydrogens (tertiary/aromatic N) is 3. The van der Waals surface area contributed by atoms with Gasteiger partial charge in [0.25, 0.3) is 11.7 Å². The van der Waals surface area contributed by atoms with E-state index in [1.165, 1.54) is 12.1 Å². The smallest absolute Gasteiger partial charge is 0.300 e. The molecule has 0 saturated carbocycles. The number of fused-ring (bicyclic) bond motifs is 1. The van der Waals surface area contributed by atoms with Gasteiger partial charge in [0.15, 0.2) is 5.58 Å². The predicted molar refractivity (Wildman–Crippen MR) is 98.7 cm³/mol. The Morgan fingerprint density at radius 1 is 1.00 bits per heavy atom. The van der Waals surface area contributed by atoms with Crippen molar-refractivity contribution in [1.82, 2.24) is 9.97 Å². The minimum absolute atomic E-state index is 0.0187. The molecular weight excluding hydrogens is 352 g/mol. The largest absolute Gasteiger partial charge is 0.423 e. The number of rotatable bonds is 5. The summed E-state index contributed by atoms with van der Waals surface area (Å²) in [6, 6.07) is 16.3. The molecule has 2 aromatic carbocycles. The number of hydrogen-bond acceptors (Lipinski definition) is 7. The van der Waals surface area contributed by atoms with Crippen molar-refractivity contribution in [3.8, 4) is 0 Å². The molecule has 4 aromatic rings. The van der Waals surface area contributed by atoms with Crippen LogP contribution >= 0.6 is 11.8 Å². The molecular formula is C18H12N4O3S. The van der Waals surface area contributed by atoms with E-state index in [-0.39, 0.29) is 11.7 Å². The van der Waals surface area contributed by atoms with Gasteiger partial charge in [-0.15, -0.1) is 0 Å². The molecule has 0 saturated heterocycles. The Balaban J connectivity index is 1.50. The molecule has 0 radical (unpaired) electrons. The van der Waals surface area contributed by atoms with Crippen LogP contribution in [0.5, 0.6) is 0 Å². The van der Waals surface area contributed by atoms with E-state index in [2.05, 4.69) is 15.3 Å². The van der Waals surface area contributed by atoms with Gasteiger partial charge in [-0.1, -0.05) is 11.8 Å². The highest BCUT2D eigenvalue weighted by atomic mass is 32.2. The summed E-state index contributed by atoms with van der Waals surface area (Å²) < 4.78 is 5.58. The second-order valence-electron chi connectivity index (χ2n) is 5.36. The van der Waals surface area contributed by atoms with E-state index in [4.69, 9.17) is 4.42 Å². The van der Waals surface area contributed by atoms with Crippen LogP contribution in [0.25, 0.3) is 11.1 Å². The summed E-state index contributed by atoms with van der Waals surface area (Å²) in [5, 5.41) is 13.9. The fourth-order valence-corrected chi connectivity index (χ4v) is 3.16. The van der Waals surface area contributed by atoms with E-state index in [9.17, 15) is 10.1 Å². The monoisotopic (exact) mass is 364 g/mol. The molecule has 8 heteroatoms. The second kappa shape index (κ2) is 6.85. The Morgan fingerprint density at radius 2 is 1.73 bits per heavy atom. The SMILES string of the molecule is O=[N+]([O-])c1ccc2oc(Nc3ccc(Sc4ccncc4)cc3)nc2c1. The lowest BCUT2D eigenvalue weighted by molar-refractivity contribution is -0.384. The first-order chi connectivity index (χ1) is 12.7. The van der Waals surface area contributed by atoms with Gasteiger partial charge in [-0.3, -0.25) is 15.1 Å².